The Hall–Kier alpha value is -3.24. The molecule has 0 saturated carbocycles. The maximum atomic E-state index is 13.2. The van der Waals surface area contributed by atoms with Crippen molar-refractivity contribution in [1.29, 1.82) is 5.26 Å². The van der Waals surface area contributed by atoms with Crippen LogP contribution < -0.4 is 9.62 Å². The number of nitriles is 1. The van der Waals surface area contributed by atoms with Crippen LogP contribution >= 0.6 is 0 Å². The zero-order valence-electron chi connectivity index (χ0n) is 24.1. The fourth-order valence-corrected chi connectivity index (χ4v) is 7.11. The Kier molecular flexibility index (Phi) is 8.76. The summed E-state index contributed by atoms with van der Waals surface area (Å²) in [5, 5.41) is 42.3. The fourth-order valence-electron chi connectivity index (χ4n) is 5.95. The van der Waals surface area contributed by atoms with E-state index in [0.717, 1.165) is 35.1 Å². The molecule has 10 nitrogen and oxygen atoms in total. The van der Waals surface area contributed by atoms with Gasteiger partial charge in [-0.2, -0.15) is 5.26 Å². The minimum atomic E-state index is -4.29. The maximum Gasteiger partial charge on any atom is 0.251 e. The minimum absolute atomic E-state index is 0.264. The minimum Gasteiger partial charge on any atom is -0.388 e. The lowest BCUT2D eigenvalue weighted by Crippen LogP contribution is -2.59. The zero-order valence-corrected chi connectivity index (χ0v) is 24.9. The van der Waals surface area contributed by atoms with Gasteiger partial charge in [0, 0.05) is 49.3 Å². The molecule has 1 aromatic heterocycles. The summed E-state index contributed by atoms with van der Waals surface area (Å²) in [5.41, 5.74) is 3.90. The van der Waals surface area contributed by atoms with E-state index in [1.165, 1.54) is 31.9 Å². The Morgan fingerprint density at radius 3 is 2.40 bits per heavy atom. The summed E-state index contributed by atoms with van der Waals surface area (Å²) >= 11 is 0. The first-order valence-electron chi connectivity index (χ1n) is 14.3. The average molecular weight is 595 g/mol. The number of piperidine rings is 1. The number of fused-ring (bicyclic) bond motifs is 1. The van der Waals surface area contributed by atoms with E-state index in [4.69, 9.17) is 4.74 Å². The molecular weight excluding hydrogens is 556 g/mol. The molecule has 0 aliphatic carbocycles. The molecule has 11 heteroatoms. The molecule has 2 fully saturated rings. The summed E-state index contributed by atoms with van der Waals surface area (Å²) < 4.78 is 36.0. The first kappa shape index (κ1) is 30.2. The van der Waals surface area contributed by atoms with Crippen LogP contribution in [0.3, 0.4) is 0 Å². The van der Waals surface area contributed by atoms with E-state index in [1.807, 2.05) is 29.8 Å². The van der Waals surface area contributed by atoms with Gasteiger partial charge in [-0.05, 0) is 79.8 Å². The van der Waals surface area contributed by atoms with Crippen molar-refractivity contribution < 1.29 is 28.5 Å². The van der Waals surface area contributed by atoms with Crippen molar-refractivity contribution in [3.8, 4) is 17.3 Å². The number of rotatable bonds is 7. The molecule has 2 aromatic carbocycles. The molecule has 224 valence electrons. The van der Waals surface area contributed by atoms with Gasteiger partial charge < -0.3 is 29.5 Å². The summed E-state index contributed by atoms with van der Waals surface area (Å²) in [6, 6.07) is 18.3. The van der Waals surface area contributed by atoms with Crippen molar-refractivity contribution in [1.82, 2.24) is 9.29 Å². The molecule has 1 unspecified atom stereocenters. The summed E-state index contributed by atoms with van der Waals surface area (Å²) in [4.78, 5) is 1.97. The van der Waals surface area contributed by atoms with Crippen molar-refractivity contribution in [3.63, 3.8) is 0 Å². The van der Waals surface area contributed by atoms with E-state index in [0.29, 0.717) is 5.69 Å². The number of aliphatic hydroxyl groups excluding tert-OH is 3. The molecule has 0 radical (unpaired) electrons. The third-order valence-electron chi connectivity index (χ3n) is 8.48. The molecule has 3 aromatic rings. The molecule has 0 spiro atoms. The van der Waals surface area contributed by atoms with Gasteiger partial charge in [-0.3, -0.25) is 0 Å². The van der Waals surface area contributed by atoms with E-state index in [1.54, 1.807) is 13.0 Å². The van der Waals surface area contributed by atoms with Crippen molar-refractivity contribution in [3.05, 3.63) is 59.1 Å². The predicted molar refractivity (Wildman–Crippen MR) is 162 cm³/mol. The third-order valence-corrected chi connectivity index (χ3v) is 9.96. The first-order valence-corrected chi connectivity index (χ1v) is 15.8. The maximum absolute atomic E-state index is 13.2. The van der Waals surface area contributed by atoms with Crippen molar-refractivity contribution in [2.24, 2.45) is 7.05 Å². The number of anilines is 1. The second kappa shape index (κ2) is 12.2. The number of benzene rings is 2. The SMILES string of the molecule is C/C(=C(/C#N)S(=O)(=O)NC[C@H]1OC(C)[C@H](O)[C@@H](O)[C@@H]1O)c1ccc(-c2ccc3cc(N4CCCCC4)ccc3c2)n1C. The number of aromatic nitrogens is 1. The number of sulfonamides is 1. The molecule has 3 heterocycles. The Bertz CT molecular complexity index is 1640. The average Bonchev–Trinajstić information content (AvgIpc) is 3.38. The highest BCUT2D eigenvalue weighted by Gasteiger charge is 2.42. The topological polar surface area (TPSA) is 148 Å². The smallest absolute Gasteiger partial charge is 0.251 e. The van der Waals surface area contributed by atoms with Gasteiger partial charge >= 0.3 is 0 Å². The molecule has 5 atom stereocenters. The highest BCUT2D eigenvalue weighted by molar-refractivity contribution is 7.93. The van der Waals surface area contributed by atoms with Gasteiger partial charge in [0.2, 0.25) is 0 Å². The second-order valence-electron chi connectivity index (χ2n) is 11.2. The molecular formula is C31H38N4O6S. The molecule has 2 aliphatic heterocycles. The van der Waals surface area contributed by atoms with Gasteiger partial charge in [-0.1, -0.05) is 18.2 Å². The number of hydrogen-bond acceptors (Lipinski definition) is 8. The van der Waals surface area contributed by atoms with Gasteiger partial charge in [0.25, 0.3) is 10.0 Å². The number of allylic oxidation sites excluding steroid dienone is 2. The van der Waals surface area contributed by atoms with E-state index in [-0.39, 0.29) is 12.1 Å². The lowest BCUT2D eigenvalue weighted by Gasteiger charge is -2.39. The van der Waals surface area contributed by atoms with Crippen LogP contribution in [0.4, 0.5) is 5.69 Å². The first-order chi connectivity index (χ1) is 20.0. The fraction of sp³-hybridized carbons (Fsp3) is 0.452. The zero-order chi connectivity index (χ0) is 30.2. The lowest BCUT2D eigenvalue weighted by molar-refractivity contribution is -0.214. The largest absolute Gasteiger partial charge is 0.388 e. The van der Waals surface area contributed by atoms with Gasteiger partial charge in [0.05, 0.1) is 6.10 Å². The Morgan fingerprint density at radius 1 is 1.00 bits per heavy atom. The Labute approximate surface area is 246 Å². The van der Waals surface area contributed by atoms with Crippen molar-refractivity contribution in [2.75, 3.05) is 24.5 Å². The second-order valence-corrected chi connectivity index (χ2v) is 12.9. The highest BCUT2D eigenvalue weighted by Crippen LogP contribution is 2.32. The van der Waals surface area contributed by atoms with Gasteiger partial charge in [0.15, 0.2) is 4.91 Å². The van der Waals surface area contributed by atoms with Crippen LogP contribution in [0.15, 0.2) is 53.4 Å². The number of nitrogens with one attached hydrogen (secondary N) is 1. The molecule has 42 heavy (non-hydrogen) atoms. The van der Waals surface area contributed by atoms with Crippen molar-refractivity contribution >= 4 is 32.1 Å². The summed E-state index contributed by atoms with van der Waals surface area (Å²) in [6.45, 7) is 4.88. The normalized spacial score (nSPS) is 25.7. The van der Waals surface area contributed by atoms with Crippen LogP contribution in [0.25, 0.3) is 27.6 Å². The molecule has 0 bridgehead atoms. The number of aliphatic hydroxyl groups is 3. The molecule has 2 aliphatic rings. The number of hydrogen-bond donors (Lipinski definition) is 4. The van der Waals surface area contributed by atoms with Crippen LogP contribution in [0.1, 0.15) is 38.8 Å². The van der Waals surface area contributed by atoms with Gasteiger partial charge in [-0.25, -0.2) is 13.1 Å². The summed E-state index contributed by atoms with van der Waals surface area (Å²) in [7, 11) is -2.46. The molecule has 2 saturated heterocycles. The molecule has 0 amide bonds. The summed E-state index contributed by atoms with van der Waals surface area (Å²) in [5.74, 6) is 0. The monoisotopic (exact) mass is 594 g/mol. The van der Waals surface area contributed by atoms with Crippen LogP contribution in [0, 0.1) is 11.3 Å². The third kappa shape index (κ3) is 5.83. The predicted octanol–water partition coefficient (Wildman–Crippen LogP) is 2.88. The van der Waals surface area contributed by atoms with Gasteiger partial charge in [0.1, 0.15) is 30.5 Å². The van der Waals surface area contributed by atoms with E-state index >= 15 is 0 Å². The number of ether oxygens (including phenoxy) is 1. The quantitative estimate of drug-likeness (QED) is 0.305. The Morgan fingerprint density at radius 2 is 1.69 bits per heavy atom. The standard InChI is InChI=1S/C31H38N4O6S/c1-19(28(17-32)42(39,40)33-18-27-30(37)31(38)29(36)20(2)41-27)25-11-12-26(34(25)3)23-8-7-22-16-24(10-9-21(22)15-23)35-13-5-4-6-14-35/h7-12,15-16,20,27,29-31,33,36-38H,4-6,13-14,18H2,1-3H3/b28-19+/t20?,27-,29+,30-,31-/m1/s1. The van der Waals surface area contributed by atoms with Gasteiger partial charge in [-0.15, -0.1) is 0 Å². The highest BCUT2D eigenvalue weighted by atomic mass is 32.2. The van der Waals surface area contributed by atoms with Crippen molar-refractivity contribution in [2.45, 2.75) is 63.6 Å². The van der Waals surface area contributed by atoms with E-state index < -0.39 is 45.4 Å². The summed E-state index contributed by atoms with van der Waals surface area (Å²) in [6.07, 6.45) is -2.45. The molecule has 4 N–H and O–H groups in total. The number of nitrogens with zero attached hydrogens (tertiary/aromatic N) is 3. The Balaban J connectivity index is 1.37. The molecule has 5 rings (SSSR count). The lowest BCUT2D eigenvalue weighted by atomic mass is 9.96. The van der Waals surface area contributed by atoms with Crippen LogP contribution in [0.2, 0.25) is 0 Å². The van der Waals surface area contributed by atoms with Crippen LogP contribution in [-0.4, -0.2) is 78.5 Å². The van der Waals surface area contributed by atoms with Crippen LogP contribution in [0.5, 0.6) is 0 Å². The van der Waals surface area contributed by atoms with E-state index in [9.17, 15) is 29.0 Å². The van der Waals surface area contributed by atoms with E-state index in [2.05, 4.69) is 40.0 Å². The van der Waals surface area contributed by atoms with Crippen LogP contribution in [-0.2, 0) is 21.8 Å².